The number of carboxylic acids is 1. The highest BCUT2D eigenvalue weighted by Crippen LogP contribution is 2.22. The van der Waals surface area contributed by atoms with Crippen LogP contribution in [0.5, 0.6) is 0 Å². The van der Waals surface area contributed by atoms with Crippen molar-refractivity contribution in [3.63, 3.8) is 0 Å². The van der Waals surface area contributed by atoms with Crippen LogP contribution >= 0.6 is 0 Å². The molecule has 1 fully saturated rings. The van der Waals surface area contributed by atoms with Gasteiger partial charge in [0.2, 0.25) is 5.91 Å². The summed E-state index contributed by atoms with van der Waals surface area (Å²) in [6.07, 6.45) is 1.48. The molecular formula is C15H18FNO3. The van der Waals surface area contributed by atoms with E-state index in [0.29, 0.717) is 24.9 Å². The molecule has 1 amide bonds. The van der Waals surface area contributed by atoms with Gasteiger partial charge in [-0.3, -0.25) is 4.79 Å². The fourth-order valence-electron chi connectivity index (χ4n) is 2.65. The molecule has 1 aliphatic rings. The predicted molar refractivity (Wildman–Crippen MR) is 71.6 cm³/mol. The number of likely N-dealkylation sites (tertiary alicyclic amines) is 1. The van der Waals surface area contributed by atoms with Crippen LogP contribution in [-0.2, 0) is 16.0 Å². The molecule has 0 bridgehead atoms. The van der Waals surface area contributed by atoms with Crippen LogP contribution in [0.1, 0.15) is 25.3 Å². The molecule has 2 unspecified atom stereocenters. The van der Waals surface area contributed by atoms with E-state index in [9.17, 15) is 14.0 Å². The number of nitrogens with zero attached hydrogens (tertiary/aromatic N) is 1. The molecule has 0 saturated carbocycles. The van der Waals surface area contributed by atoms with Crippen molar-refractivity contribution in [2.45, 2.75) is 32.2 Å². The molecule has 1 N–H and O–H groups in total. The second-order valence-electron chi connectivity index (χ2n) is 5.22. The molecule has 1 aliphatic heterocycles. The smallest absolute Gasteiger partial charge is 0.326 e. The largest absolute Gasteiger partial charge is 0.480 e. The van der Waals surface area contributed by atoms with Gasteiger partial charge in [0.1, 0.15) is 11.9 Å². The lowest BCUT2D eigenvalue weighted by Crippen LogP contribution is -2.43. The lowest BCUT2D eigenvalue weighted by molar-refractivity contribution is -0.149. The summed E-state index contributed by atoms with van der Waals surface area (Å²) >= 11 is 0. The maximum absolute atomic E-state index is 13.6. The molecule has 2 rings (SSSR count). The Balaban J connectivity index is 2.05. The zero-order chi connectivity index (χ0) is 14.7. The molecule has 108 valence electrons. The second-order valence-corrected chi connectivity index (χ2v) is 5.22. The van der Waals surface area contributed by atoms with E-state index in [2.05, 4.69) is 0 Å². The molecule has 0 radical (unpaired) electrons. The Kier molecular flexibility index (Phi) is 4.37. The summed E-state index contributed by atoms with van der Waals surface area (Å²) in [6.45, 7) is 2.18. The van der Waals surface area contributed by atoms with Gasteiger partial charge in [-0.1, -0.05) is 25.1 Å². The SMILES string of the molecule is CC(Cc1ccccc1F)C(=O)N1CCCC1C(=O)O. The zero-order valence-electron chi connectivity index (χ0n) is 11.4. The molecule has 0 aromatic heterocycles. The van der Waals surface area contributed by atoms with Gasteiger partial charge in [-0.15, -0.1) is 0 Å². The molecule has 20 heavy (non-hydrogen) atoms. The van der Waals surface area contributed by atoms with Crippen LogP contribution in [0.3, 0.4) is 0 Å². The first-order chi connectivity index (χ1) is 9.50. The van der Waals surface area contributed by atoms with Gasteiger partial charge in [0.15, 0.2) is 0 Å². The number of benzene rings is 1. The van der Waals surface area contributed by atoms with Gasteiger partial charge in [0, 0.05) is 12.5 Å². The van der Waals surface area contributed by atoms with E-state index in [1.807, 2.05) is 0 Å². The van der Waals surface area contributed by atoms with E-state index in [0.717, 1.165) is 0 Å². The molecule has 2 atom stereocenters. The standard InChI is InChI=1S/C15H18FNO3/c1-10(9-11-5-2-3-6-12(11)16)14(18)17-8-4-7-13(17)15(19)20/h2-3,5-6,10,13H,4,7-9H2,1H3,(H,19,20). The van der Waals surface area contributed by atoms with E-state index in [-0.39, 0.29) is 18.1 Å². The van der Waals surface area contributed by atoms with E-state index in [4.69, 9.17) is 5.11 Å². The Hall–Kier alpha value is -1.91. The van der Waals surface area contributed by atoms with Crippen molar-refractivity contribution in [3.8, 4) is 0 Å². The highest BCUT2D eigenvalue weighted by atomic mass is 19.1. The fraction of sp³-hybridized carbons (Fsp3) is 0.467. The van der Waals surface area contributed by atoms with Crippen molar-refractivity contribution in [2.75, 3.05) is 6.54 Å². The first-order valence-electron chi connectivity index (χ1n) is 6.77. The van der Waals surface area contributed by atoms with Crippen LogP contribution < -0.4 is 0 Å². The average molecular weight is 279 g/mol. The van der Waals surface area contributed by atoms with Crippen molar-refractivity contribution < 1.29 is 19.1 Å². The lowest BCUT2D eigenvalue weighted by atomic mass is 9.99. The summed E-state index contributed by atoms with van der Waals surface area (Å²) in [7, 11) is 0. The number of halogens is 1. The van der Waals surface area contributed by atoms with Crippen molar-refractivity contribution in [1.82, 2.24) is 4.90 Å². The van der Waals surface area contributed by atoms with Crippen molar-refractivity contribution in [2.24, 2.45) is 5.92 Å². The van der Waals surface area contributed by atoms with Crippen LogP contribution in [0, 0.1) is 11.7 Å². The van der Waals surface area contributed by atoms with Gasteiger partial charge < -0.3 is 10.0 Å². The van der Waals surface area contributed by atoms with Gasteiger partial charge >= 0.3 is 5.97 Å². The zero-order valence-corrected chi connectivity index (χ0v) is 11.4. The lowest BCUT2D eigenvalue weighted by Gasteiger charge is -2.25. The minimum absolute atomic E-state index is 0.210. The van der Waals surface area contributed by atoms with Gasteiger partial charge in [0.25, 0.3) is 0 Å². The van der Waals surface area contributed by atoms with Gasteiger partial charge in [0.05, 0.1) is 0 Å². The van der Waals surface area contributed by atoms with Crippen LogP contribution in [0.25, 0.3) is 0 Å². The van der Waals surface area contributed by atoms with Crippen molar-refractivity contribution in [1.29, 1.82) is 0 Å². The third kappa shape index (κ3) is 2.98. The number of hydrogen-bond acceptors (Lipinski definition) is 2. The molecule has 0 aliphatic carbocycles. The highest BCUT2D eigenvalue weighted by molar-refractivity contribution is 5.85. The molecule has 5 heteroatoms. The number of amides is 1. The van der Waals surface area contributed by atoms with Crippen LogP contribution in [0.2, 0.25) is 0 Å². The Labute approximate surface area is 117 Å². The van der Waals surface area contributed by atoms with Crippen LogP contribution in [0.4, 0.5) is 4.39 Å². The summed E-state index contributed by atoms with van der Waals surface area (Å²) in [5.41, 5.74) is 0.486. The monoisotopic (exact) mass is 279 g/mol. The number of carbonyl (C=O) groups is 2. The molecule has 1 heterocycles. The fourth-order valence-corrected chi connectivity index (χ4v) is 2.65. The van der Waals surface area contributed by atoms with Crippen LogP contribution in [0.15, 0.2) is 24.3 Å². The number of carboxylic acid groups (broad SMARTS) is 1. The summed E-state index contributed by atoms with van der Waals surface area (Å²) in [6, 6.07) is 5.61. The minimum atomic E-state index is -0.964. The molecule has 1 aromatic carbocycles. The summed E-state index contributed by atoms with van der Waals surface area (Å²) < 4.78 is 13.6. The average Bonchev–Trinajstić information content (AvgIpc) is 2.89. The quantitative estimate of drug-likeness (QED) is 0.918. The van der Waals surface area contributed by atoms with Gasteiger partial charge in [-0.2, -0.15) is 0 Å². The Morgan fingerprint density at radius 2 is 2.15 bits per heavy atom. The number of carbonyl (C=O) groups excluding carboxylic acids is 1. The number of rotatable bonds is 4. The Morgan fingerprint density at radius 1 is 1.45 bits per heavy atom. The minimum Gasteiger partial charge on any atom is -0.480 e. The first kappa shape index (κ1) is 14.5. The molecular weight excluding hydrogens is 261 g/mol. The normalized spacial score (nSPS) is 19.9. The van der Waals surface area contributed by atoms with Crippen molar-refractivity contribution in [3.05, 3.63) is 35.6 Å². The highest BCUT2D eigenvalue weighted by Gasteiger charge is 2.35. The number of hydrogen-bond donors (Lipinski definition) is 1. The van der Waals surface area contributed by atoms with Crippen LogP contribution in [-0.4, -0.2) is 34.5 Å². The van der Waals surface area contributed by atoms with Gasteiger partial charge in [-0.05, 0) is 30.9 Å². The van der Waals surface area contributed by atoms with E-state index >= 15 is 0 Å². The molecule has 1 saturated heterocycles. The number of aliphatic carboxylic acids is 1. The maximum atomic E-state index is 13.6. The predicted octanol–water partition coefficient (Wildman–Crippen LogP) is 2.08. The summed E-state index contributed by atoms with van der Waals surface area (Å²) in [5, 5.41) is 9.09. The van der Waals surface area contributed by atoms with E-state index in [1.165, 1.54) is 11.0 Å². The summed E-state index contributed by atoms with van der Waals surface area (Å²) in [4.78, 5) is 24.8. The third-order valence-corrected chi connectivity index (χ3v) is 3.73. The van der Waals surface area contributed by atoms with Gasteiger partial charge in [-0.25, -0.2) is 9.18 Å². The first-order valence-corrected chi connectivity index (χ1v) is 6.77. The second kappa shape index (κ2) is 6.03. The molecule has 1 aromatic rings. The topological polar surface area (TPSA) is 57.6 Å². The van der Waals surface area contributed by atoms with E-state index < -0.39 is 17.9 Å². The molecule has 0 spiro atoms. The maximum Gasteiger partial charge on any atom is 0.326 e. The Morgan fingerprint density at radius 3 is 2.80 bits per heavy atom. The summed E-state index contributed by atoms with van der Waals surface area (Å²) in [5.74, 6) is -1.93. The van der Waals surface area contributed by atoms with E-state index in [1.54, 1.807) is 25.1 Å². The third-order valence-electron chi connectivity index (χ3n) is 3.73. The Bertz CT molecular complexity index is 518. The molecule has 4 nitrogen and oxygen atoms in total. The van der Waals surface area contributed by atoms with Crippen molar-refractivity contribution >= 4 is 11.9 Å².